The third-order valence-corrected chi connectivity index (χ3v) is 2.13. The molecule has 16 heavy (non-hydrogen) atoms. The Hall–Kier alpha value is -1.36. The van der Waals surface area contributed by atoms with Crippen LogP contribution in [0.2, 0.25) is 0 Å². The fourth-order valence-corrected chi connectivity index (χ4v) is 1.31. The number of hydrogen-bond donors (Lipinski definition) is 2. The molecule has 0 amide bonds. The number of thiocarbonyl (C=S) groups is 1. The minimum Gasteiger partial charge on any atom is -0.480 e. The van der Waals surface area contributed by atoms with E-state index in [0.29, 0.717) is 16.9 Å². The van der Waals surface area contributed by atoms with Crippen LogP contribution in [-0.2, 0) is 0 Å². The molecule has 4 nitrogen and oxygen atoms in total. The first-order chi connectivity index (χ1) is 7.63. The summed E-state index contributed by atoms with van der Waals surface area (Å²) in [5.74, 6) is 1.09. The molecule has 0 saturated heterocycles. The van der Waals surface area contributed by atoms with Gasteiger partial charge in [-0.3, -0.25) is 0 Å². The SMILES string of the molecule is COc1ncccc1NC(=S)NCC(C)C. The Kier molecular flexibility index (Phi) is 4.98. The molecule has 0 aromatic carbocycles. The lowest BCUT2D eigenvalue weighted by atomic mass is 10.2. The van der Waals surface area contributed by atoms with Crippen molar-refractivity contribution in [3.63, 3.8) is 0 Å². The fraction of sp³-hybridized carbons (Fsp3) is 0.455. The second-order valence-electron chi connectivity index (χ2n) is 3.79. The molecule has 1 aromatic heterocycles. The number of aromatic nitrogens is 1. The first-order valence-electron chi connectivity index (χ1n) is 5.17. The quantitative estimate of drug-likeness (QED) is 0.787. The van der Waals surface area contributed by atoms with Crippen molar-refractivity contribution in [2.75, 3.05) is 19.0 Å². The summed E-state index contributed by atoms with van der Waals surface area (Å²) in [7, 11) is 1.58. The summed E-state index contributed by atoms with van der Waals surface area (Å²) in [5, 5.41) is 6.75. The van der Waals surface area contributed by atoms with Gasteiger partial charge in [0.05, 0.1) is 7.11 Å². The van der Waals surface area contributed by atoms with E-state index in [2.05, 4.69) is 29.5 Å². The minimum absolute atomic E-state index is 0.538. The number of pyridine rings is 1. The van der Waals surface area contributed by atoms with Crippen LogP contribution in [-0.4, -0.2) is 23.8 Å². The zero-order valence-corrected chi connectivity index (χ0v) is 10.6. The van der Waals surface area contributed by atoms with Crippen molar-refractivity contribution < 1.29 is 4.74 Å². The first kappa shape index (κ1) is 12.7. The highest BCUT2D eigenvalue weighted by molar-refractivity contribution is 7.80. The lowest BCUT2D eigenvalue weighted by Crippen LogP contribution is -2.31. The van der Waals surface area contributed by atoms with E-state index < -0.39 is 0 Å². The van der Waals surface area contributed by atoms with Crippen molar-refractivity contribution >= 4 is 23.0 Å². The molecule has 0 radical (unpaired) electrons. The molecule has 5 heteroatoms. The van der Waals surface area contributed by atoms with Gasteiger partial charge in [-0.15, -0.1) is 0 Å². The molecular weight excluding hydrogens is 222 g/mol. The van der Waals surface area contributed by atoms with Crippen LogP contribution >= 0.6 is 12.2 Å². The summed E-state index contributed by atoms with van der Waals surface area (Å²) in [5.41, 5.74) is 0.770. The molecule has 0 saturated carbocycles. The summed E-state index contributed by atoms with van der Waals surface area (Å²) < 4.78 is 5.11. The van der Waals surface area contributed by atoms with Crippen molar-refractivity contribution in [1.29, 1.82) is 0 Å². The average Bonchev–Trinajstić information content (AvgIpc) is 2.27. The highest BCUT2D eigenvalue weighted by atomic mass is 32.1. The van der Waals surface area contributed by atoms with Gasteiger partial charge in [0.25, 0.3) is 0 Å². The highest BCUT2D eigenvalue weighted by Crippen LogP contribution is 2.19. The molecule has 1 rings (SSSR count). The van der Waals surface area contributed by atoms with Gasteiger partial charge in [0, 0.05) is 12.7 Å². The standard InChI is InChI=1S/C11H17N3OS/c1-8(2)7-13-11(16)14-9-5-4-6-12-10(9)15-3/h4-6,8H,7H2,1-3H3,(H2,13,14,16). The van der Waals surface area contributed by atoms with Crippen LogP contribution in [0.5, 0.6) is 5.88 Å². The third-order valence-electron chi connectivity index (χ3n) is 1.88. The van der Waals surface area contributed by atoms with E-state index in [1.54, 1.807) is 13.3 Å². The van der Waals surface area contributed by atoms with E-state index in [9.17, 15) is 0 Å². The lowest BCUT2D eigenvalue weighted by Gasteiger charge is -2.13. The second kappa shape index (κ2) is 6.27. The number of rotatable bonds is 4. The molecule has 0 fully saturated rings. The summed E-state index contributed by atoms with van der Waals surface area (Å²) in [4.78, 5) is 4.07. The van der Waals surface area contributed by atoms with Crippen LogP contribution in [0.1, 0.15) is 13.8 Å². The molecule has 88 valence electrons. The van der Waals surface area contributed by atoms with Gasteiger partial charge in [0.2, 0.25) is 5.88 Å². The van der Waals surface area contributed by atoms with Crippen molar-refractivity contribution in [2.45, 2.75) is 13.8 Å². The molecule has 0 bridgehead atoms. The van der Waals surface area contributed by atoms with Crippen LogP contribution < -0.4 is 15.4 Å². The zero-order chi connectivity index (χ0) is 12.0. The van der Waals surface area contributed by atoms with Crippen LogP contribution in [0.25, 0.3) is 0 Å². The smallest absolute Gasteiger partial charge is 0.237 e. The Labute approximate surface area is 101 Å². The van der Waals surface area contributed by atoms with Crippen molar-refractivity contribution in [3.05, 3.63) is 18.3 Å². The summed E-state index contributed by atoms with van der Waals surface area (Å²) >= 11 is 5.16. The zero-order valence-electron chi connectivity index (χ0n) is 9.78. The molecule has 0 aliphatic carbocycles. The Morgan fingerprint density at radius 2 is 2.31 bits per heavy atom. The van der Waals surface area contributed by atoms with E-state index in [1.807, 2.05) is 12.1 Å². The molecule has 0 aliphatic rings. The summed E-state index contributed by atoms with van der Waals surface area (Å²) in [6.07, 6.45) is 1.68. The Balaban J connectivity index is 2.55. The van der Waals surface area contributed by atoms with E-state index in [0.717, 1.165) is 12.2 Å². The molecule has 2 N–H and O–H groups in total. The molecule has 0 aliphatic heterocycles. The number of hydrogen-bond acceptors (Lipinski definition) is 3. The summed E-state index contributed by atoms with van der Waals surface area (Å²) in [6, 6.07) is 3.70. The molecule has 0 unspecified atom stereocenters. The van der Waals surface area contributed by atoms with Crippen LogP contribution in [0.15, 0.2) is 18.3 Å². The molecular formula is C11H17N3OS. The molecule has 0 spiro atoms. The van der Waals surface area contributed by atoms with Gasteiger partial charge in [0.15, 0.2) is 5.11 Å². The van der Waals surface area contributed by atoms with E-state index in [1.165, 1.54) is 0 Å². The molecule has 1 heterocycles. The van der Waals surface area contributed by atoms with Crippen LogP contribution in [0.4, 0.5) is 5.69 Å². The Morgan fingerprint density at radius 1 is 1.56 bits per heavy atom. The topological polar surface area (TPSA) is 46.2 Å². The molecule has 1 aromatic rings. The number of nitrogens with zero attached hydrogens (tertiary/aromatic N) is 1. The van der Waals surface area contributed by atoms with E-state index in [4.69, 9.17) is 17.0 Å². The highest BCUT2D eigenvalue weighted by Gasteiger charge is 2.04. The second-order valence-corrected chi connectivity index (χ2v) is 4.20. The van der Waals surface area contributed by atoms with Gasteiger partial charge in [-0.05, 0) is 30.3 Å². The van der Waals surface area contributed by atoms with Crippen LogP contribution in [0.3, 0.4) is 0 Å². The van der Waals surface area contributed by atoms with Crippen molar-refractivity contribution in [3.8, 4) is 5.88 Å². The maximum absolute atomic E-state index is 5.16. The van der Waals surface area contributed by atoms with Crippen LogP contribution in [0, 0.1) is 5.92 Å². The number of ether oxygens (including phenoxy) is 1. The minimum atomic E-state index is 0.538. The van der Waals surface area contributed by atoms with Gasteiger partial charge in [0.1, 0.15) is 5.69 Å². The maximum atomic E-state index is 5.16. The van der Waals surface area contributed by atoms with Crippen molar-refractivity contribution in [2.24, 2.45) is 5.92 Å². The normalized spacial score (nSPS) is 10.0. The number of nitrogens with one attached hydrogen (secondary N) is 2. The maximum Gasteiger partial charge on any atom is 0.237 e. The third kappa shape index (κ3) is 4.02. The Bertz CT molecular complexity index is 355. The summed E-state index contributed by atoms with van der Waals surface area (Å²) in [6.45, 7) is 5.09. The lowest BCUT2D eigenvalue weighted by molar-refractivity contribution is 0.400. The fourth-order valence-electron chi connectivity index (χ4n) is 1.11. The predicted molar refractivity (Wildman–Crippen MR) is 69.9 cm³/mol. The van der Waals surface area contributed by atoms with E-state index in [-0.39, 0.29) is 0 Å². The van der Waals surface area contributed by atoms with Gasteiger partial charge in [-0.2, -0.15) is 0 Å². The largest absolute Gasteiger partial charge is 0.480 e. The molecule has 0 atom stereocenters. The number of methoxy groups -OCH3 is 1. The van der Waals surface area contributed by atoms with Gasteiger partial charge in [-0.1, -0.05) is 13.8 Å². The average molecular weight is 239 g/mol. The Morgan fingerprint density at radius 3 is 2.94 bits per heavy atom. The van der Waals surface area contributed by atoms with Gasteiger partial charge in [-0.25, -0.2) is 4.98 Å². The number of anilines is 1. The van der Waals surface area contributed by atoms with Crippen molar-refractivity contribution in [1.82, 2.24) is 10.3 Å². The first-order valence-corrected chi connectivity index (χ1v) is 5.58. The monoisotopic (exact) mass is 239 g/mol. The van der Waals surface area contributed by atoms with Gasteiger partial charge >= 0.3 is 0 Å². The van der Waals surface area contributed by atoms with Gasteiger partial charge < -0.3 is 15.4 Å². The van der Waals surface area contributed by atoms with E-state index >= 15 is 0 Å². The predicted octanol–water partition coefficient (Wildman–Crippen LogP) is 2.03.